The summed E-state index contributed by atoms with van der Waals surface area (Å²) < 4.78 is 22.6. The zero-order chi connectivity index (χ0) is 33.6. The largest absolute Gasteiger partial charge is 0.382 e. The van der Waals surface area contributed by atoms with Crippen LogP contribution in [0.25, 0.3) is 0 Å². The highest BCUT2D eigenvalue weighted by molar-refractivity contribution is 6.76. The second-order valence-electron chi connectivity index (χ2n) is 12.7. The molecule has 4 rings (SSSR count). The van der Waals surface area contributed by atoms with Crippen LogP contribution in [-0.2, 0) is 18.9 Å². The summed E-state index contributed by atoms with van der Waals surface area (Å²) >= 11 is 0. The summed E-state index contributed by atoms with van der Waals surface area (Å²) in [5.74, 6) is -1.10. The average molecular weight is 669 g/mol. The molecule has 4 amide bonds. The van der Waals surface area contributed by atoms with Crippen LogP contribution >= 0.6 is 0 Å². The average Bonchev–Trinajstić information content (AvgIpc) is 3.44. The third-order valence-corrected chi connectivity index (χ3v) is 8.79. The summed E-state index contributed by atoms with van der Waals surface area (Å²) in [4.78, 5) is 55.6. The minimum absolute atomic E-state index is 0.258. The van der Waals surface area contributed by atoms with Crippen LogP contribution in [0.4, 0.5) is 0 Å². The number of rotatable bonds is 23. The van der Waals surface area contributed by atoms with Gasteiger partial charge >= 0.3 is 0 Å². The van der Waals surface area contributed by atoms with Gasteiger partial charge in [0, 0.05) is 52.0 Å². The summed E-state index contributed by atoms with van der Waals surface area (Å²) in [5.41, 5.74) is 1.74. The third-order valence-electron chi connectivity index (χ3n) is 7.72. The smallest absolute Gasteiger partial charge is 0.261 e. The van der Waals surface area contributed by atoms with Gasteiger partial charge in [-0.15, -0.1) is 0 Å². The summed E-state index contributed by atoms with van der Waals surface area (Å²) in [6, 6.07) is 13.7. The molecular weight excluding hydrogens is 620 g/mol. The van der Waals surface area contributed by atoms with Gasteiger partial charge in [0.15, 0.2) is 0 Å². The van der Waals surface area contributed by atoms with Crippen molar-refractivity contribution in [3.63, 3.8) is 0 Å². The van der Waals surface area contributed by atoms with E-state index in [0.717, 1.165) is 6.23 Å². The second kappa shape index (κ2) is 18.3. The normalized spacial score (nSPS) is 14.6. The SMILES string of the molecule is C[Si](C)(C)COCCOCCOCCOCCN(CCNCCN1C(=O)c2ccccc2C1=O)CCN1C(=O)c2ccccc2C1=O. The monoisotopic (exact) mass is 668 g/mol. The molecule has 0 unspecified atom stereocenters. The van der Waals surface area contributed by atoms with Crippen LogP contribution in [0.5, 0.6) is 0 Å². The minimum Gasteiger partial charge on any atom is -0.382 e. The standard InChI is InChI=1S/C34H48N4O8Si/c1-47(2,3)26-46-25-24-45-23-22-44-21-20-43-19-18-36(16-17-38-33(41)29-10-6-7-11-30(29)34(38)42)14-12-35-13-15-37-31(39)27-8-4-5-9-28(27)32(37)40/h4-11,35H,12-26H2,1-3H3. The number of ether oxygens (including phenoxy) is 4. The van der Waals surface area contributed by atoms with Crippen LogP contribution in [0.3, 0.4) is 0 Å². The van der Waals surface area contributed by atoms with Crippen LogP contribution in [0.2, 0.25) is 19.6 Å². The van der Waals surface area contributed by atoms with Gasteiger partial charge in [-0.1, -0.05) is 43.9 Å². The number of nitrogens with one attached hydrogen (secondary N) is 1. The van der Waals surface area contributed by atoms with Gasteiger partial charge in [-0.05, 0) is 24.3 Å². The first-order chi connectivity index (χ1) is 22.7. The van der Waals surface area contributed by atoms with E-state index in [-0.39, 0.29) is 36.7 Å². The number of amides is 4. The maximum absolute atomic E-state index is 12.9. The van der Waals surface area contributed by atoms with E-state index in [0.29, 0.717) is 101 Å². The van der Waals surface area contributed by atoms with E-state index in [1.54, 1.807) is 48.5 Å². The van der Waals surface area contributed by atoms with Crippen molar-refractivity contribution < 1.29 is 38.1 Å². The lowest BCUT2D eigenvalue weighted by Gasteiger charge is -2.25. The Morgan fingerprint density at radius 3 is 1.45 bits per heavy atom. The Balaban J connectivity index is 1.14. The summed E-state index contributed by atoms with van der Waals surface area (Å²) in [7, 11) is -1.19. The number of hydrogen-bond acceptors (Lipinski definition) is 10. The van der Waals surface area contributed by atoms with E-state index in [9.17, 15) is 19.2 Å². The molecule has 0 aliphatic carbocycles. The lowest BCUT2D eigenvalue weighted by molar-refractivity contribution is -0.000729. The molecule has 2 aromatic carbocycles. The number of carbonyl (C=O) groups excluding carboxylic acids is 4. The molecule has 2 heterocycles. The van der Waals surface area contributed by atoms with E-state index in [1.807, 2.05) is 0 Å². The molecule has 0 saturated carbocycles. The van der Waals surface area contributed by atoms with Crippen LogP contribution in [-0.4, -0.2) is 145 Å². The fourth-order valence-electron chi connectivity index (χ4n) is 5.25. The number of carbonyl (C=O) groups is 4. The molecule has 2 aromatic rings. The minimum atomic E-state index is -1.19. The van der Waals surface area contributed by atoms with Gasteiger partial charge in [-0.3, -0.25) is 33.9 Å². The van der Waals surface area contributed by atoms with Crippen molar-refractivity contribution >= 4 is 31.7 Å². The molecule has 256 valence electrons. The predicted octanol–water partition coefficient (Wildman–Crippen LogP) is 2.41. The quantitative estimate of drug-likeness (QED) is 0.107. The van der Waals surface area contributed by atoms with Crippen molar-refractivity contribution in [2.24, 2.45) is 0 Å². The van der Waals surface area contributed by atoms with E-state index in [2.05, 4.69) is 29.9 Å². The van der Waals surface area contributed by atoms with E-state index < -0.39 is 8.07 Å². The number of hydrogen-bond donors (Lipinski definition) is 1. The van der Waals surface area contributed by atoms with Gasteiger partial charge in [-0.2, -0.15) is 0 Å². The van der Waals surface area contributed by atoms with Crippen molar-refractivity contribution in [1.82, 2.24) is 20.0 Å². The number of imide groups is 2. The molecule has 2 aliphatic heterocycles. The predicted molar refractivity (Wildman–Crippen MR) is 180 cm³/mol. The maximum Gasteiger partial charge on any atom is 0.261 e. The molecule has 0 spiro atoms. The molecular formula is C34H48N4O8Si. The first-order valence-corrected chi connectivity index (χ1v) is 20.0. The van der Waals surface area contributed by atoms with Gasteiger partial charge in [0.25, 0.3) is 23.6 Å². The molecule has 2 aliphatic rings. The van der Waals surface area contributed by atoms with Crippen molar-refractivity contribution in [3.05, 3.63) is 70.8 Å². The molecule has 0 radical (unpaired) electrons. The number of benzene rings is 2. The van der Waals surface area contributed by atoms with Crippen molar-refractivity contribution in [3.8, 4) is 0 Å². The van der Waals surface area contributed by atoms with E-state index in [4.69, 9.17) is 18.9 Å². The summed E-state index contributed by atoms with van der Waals surface area (Å²) in [6.45, 7) is 13.5. The molecule has 0 saturated heterocycles. The Morgan fingerprint density at radius 2 is 0.979 bits per heavy atom. The van der Waals surface area contributed by atoms with Crippen LogP contribution < -0.4 is 5.32 Å². The van der Waals surface area contributed by atoms with Gasteiger partial charge in [0.05, 0.1) is 76.6 Å². The zero-order valence-electron chi connectivity index (χ0n) is 27.8. The highest BCUT2D eigenvalue weighted by Gasteiger charge is 2.35. The first-order valence-electron chi connectivity index (χ1n) is 16.3. The summed E-state index contributed by atoms with van der Waals surface area (Å²) in [6.07, 6.45) is 0.833. The van der Waals surface area contributed by atoms with E-state index in [1.165, 1.54) is 9.80 Å². The molecule has 0 aromatic heterocycles. The Kier molecular flexibility index (Phi) is 14.2. The second-order valence-corrected chi connectivity index (χ2v) is 18.1. The Bertz CT molecular complexity index is 1300. The van der Waals surface area contributed by atoms with Crippen molar-refractivity contribution in [2.45, 2.75) is 19.6 Å². The first kappa shape index (κ1) is 36.5. The molecule has 0 atom stereocenters. The number of fused-ring (bicyclic) bond motifs is 2. The number of nitrogens with zero attached hydrogens (tertiary/aromatic N) is 3. The fraction of sp³-hybridized carbons (Fsp3) is 0.529. The molecule has 1 N–H and O–H groups in total. The van der Waals surface area contributed by atoms with Crippen LogP contribution in [0.15, 0.2) is 48.5 Å². The maximum atomic E-state index is 12.9. The molecule has 47 heavy (non-hydrogen) atoms. The highest BCUT2D eigenvalue weighted by Crippen LogP contribution is 2.23. The van der Waals surface area contributed by atoms with Gasteiger partial charge in [0.2, 0.25) is 0 Å². The third kappa shape index (κ3) is 10.9. The lowest BCUT2D eigenvalue weighted by atomic mass is 10.1. The Labute approximate surface area is 278 Å². The van der Waals surface area contributed by atoms with Crippen LogP contribution in [0, 0.1) is 0 Å². The molecule has 12 nitrogen and oxygen atoms in total. The van der Waals surface area contributed by atoms with Crippen LogP contribution in [0.1, 0.15) is 41.4 Å². The lowest BCUT2D eigenvalue weighted by Crippen LogP contribution is -2.43. The molecule has 13 heteroatoms. The van der Waals surface area contributed by atoms with Gasteiger partial charge in [0.1, 0.15) is 0 Å². The highest BCUT2D eigenvalue weighted by atomic mass is 28.3. The Hall–Kier alpha value is -3.30. The van der Waals surface area contributed by atoms with E-state index >= 15 is 0 Å². The van der Waals surface area contributed by atoms with Gasteiger partial charge in [-0.25, -0.2) is 0 Å². The summed E-state index contributed by atoms with van der Waals surface area (Å²) in [5, 5.41) is 3.31. The van der Waals surface area contributed by atoms with Crippen molar-refractivity contribution in [2.75, 3.05) is 98.3 Å². The van der Waals surface area contributed by atoms with Crippen molar-refractivity contribution in [1.29, 1.82) is 0 Å². The Morgan fingerprint density at radius 1 is 0.553 bits per heavy atom. The fourth-order valence-corrected chi connectivity index (χ4v) is 6.00. The molecule has 0 bridgehead atoms. The topological polar surface area (TPSA) is 127 Å². The molecule has 0 fully saturated rings. The zero-order valence-corrected chi connectivity index (χ0v) is 28.8. The van der Waals surface area contributed by atoms with Gasteiger partial charge < -0.3 is 24.3 Å².